The van der Waals surface area contributed by atoms with Gasteiger partial charge in [0.2, 0.25) is 0 Å². The van der Waals surface area contributed by atoms with Crippen LogP contribution < -0.4 is 0 Å². The van der Waals surface area contributed by atoms with Crippen molar-refractivity contribution in [3.8, 4) is 0 Å². The first-order valence-electron chi connectivity index (χ1n) is 7.64. The van der Waals surface area contributed by atoms with E-state index < -0.39 is 0 Å². The molecule has 1 aliphatic rings. The van der Waals surface area contributed by atoms with E-state index in [0.29, 0.717) is 12.2 Å². The summed E-state index contributed by atoms with van der Waals surface area (Å²) < 4.78 is 11.6. The van der Waals surface area contributed by atoms with Gasteiger partial charge in [-0.2, -0.15) is 0 Å². The predicted molar refractivity (Wildman–Crippen MR) is 76.6 cm³/mol. The summed E-state index contributed by atoms with van der Waals surface area (Å²) in [6, 6.07) is 0. The summed E-state index contributed by atoms with van der Waals surface area (Å²) in [6.07, 6.45) is 13.9. The molecule has 0 aromatic rings. The fourth-order valence-electron chi connectivity index (χ4n) is 2.57. The monoisotopic (exact) mass is 254 g/mol. The highest BCUT2D eigenvalue weighted by Crippen LogP contribution is 2.21. The molecule has 0 aromatic heterocycles. The van der Waals surface area contributed by atoms with E-state index in [0.717, 1.165) is 12.8 Å². The number of allylic oxidation sites excluding steroid dienone is 1. The Morgan fingerprint density at radius 2 is 1.50 bits per heavy atom. The molecule has 0 aliphatic carbocycles. The molecule has 0 radical (unpaired) electrons. The number of hydrogen-bond donors (Lipinski definition) is 0. The van der Waals surface area contributed by atoms with E-state index >= 15 is 0 Å². The summed E-state index contributed by atoms with van der Waals surface area (Å²) in [5.41, 5.74) is 0. The first-order chi connectivity index (χ1) is 8.72. The van der Waals surface area contributed by atoms with Crippen LogP contribution in [-0.2, 0) is 9.47 Å². The second-order valence-electron chi connectivity index (χ2n) is 5.55. The summed E-state index contributed by atoms with van der Waals surface area (Å²) in [7, 11) is 0. The number of rotatable bonds is 9. The second kappa shape index (κ2) is 9.57. The lowest BCUT2D eigenvalue weighted by Gasteiger charge is -2.32. The molecule has 0 saturated carbocycles. The summed E-state index contributed by atoms with van der Waals surface area (Å²) in [5, 5.41) is 0. The molecule has 1 fully saturated rings. The van der Waals surface area contributed by atoms with Crippen molar-refractivity contribution in [1.82, 2.24) is 0 Å². The van der Waals surface area contributed by atoms with E-state index in [1.165, 1.54) is 44.9 Å². The van der Waals surface area contributed by atoms with Crippen molar-refractivity contribution in [1.29, 1.82) is 0 Å². The van der Waals surface area contributed by atoms with E-state index in [2.05, 4.69) is 20.4 Å². The van der Waals surface area contributed by atoms with Crippen molar-refractivity contribution in [2.75, 3.05) is 0 Å². The lowest BCUT2D eigenvalue weighted by Crippen LogP contribution is -2.35. The molecule has 0 aromatic carbocycles. The molecule has 18 heavy (non-hydrogen) atoms. The third-order valence-electron chi connectivity index (χ3n) is 3.53. The van der Waals surface area contributed by atoms with Crippen molar-refractivity contribution < 1.29 is 9.47 Å². The van der Waals surface area contributed by atoms with Crippen molar-refractivity contribution in [3.05, 3.63) is 12.7 Å². The maximum Gasteiger partial charge on any atom is 0.158 e. The first kappa shape index (κ1) is 15.7. The van der Waals surface area contributed by atoms with Crippen LogP contribution in [-0.4, -0.2) is 18.5 Å². The molecule has 0 N–H and O–H groups in total. The summed E-state index contributed by atoms with van der Waals surface area (Å²) in [6.45, 7) is 8.03. The minimum absolute atomic E-state index is 0.0458. The fraction of sp³-hybridized carbons (Fsp3) is 0.875. The van der Waals surface area contributed by atoms with Gasteiger partial charge in [0.15, 0.2) is 6.29 Å². The maximum atomic E-state index is 5.78. The highest BCUT2D eigenvalue weighted by Gasteiger charge is 2.24. The van der Waals surface area contributed by atoms with Crippen LogP contribution >= 0.6 is 0 Å². The van der Waals surface area contributed by atoms with Gasteiger partial charge in [-0.15, -0.1) is 6.58 Å². The Kier molecular flexibility index (Phi) is 8.36. The van der Waals surface area contributed by atoms with Crippen LogP contribution in [0.4, 0.5) is 0 Å². The molecule has 0 amide bonds. The van der Waals surface area contributed by atoms with Crippen LogP contribution in [0.2, 0.25) is 0 Å². The van der Waals surface area contributed by atoms with Gasteiger partial charge in [0.25, 0.3) is 0 Å². The van der Waals surface area contributed by atoms with Gasteiger partial charge in [-0.25, -0.2) is 0 Å². The minimum Gasteiger partial charge on any atom is -0.350 e. The molecular formula is C16H30O2. The Bertz CT molecular complexity index is 205. The quantitative estimate of drug-likeness (QED) is 0.433. The van der Waals surface area contributed by atoms with Gasteiger partial charge in [-0.3, -0.25) is 0 Å². The van der Waals surface area contributed by atoms with E-state index in [4.69, 9.17) is 9.47 Å². The van der Waals surface area contributed by atoms with Gasteiger partial charge in [-0.05, 0) is 46.0 Å². The average Bonchev–Trinajstić information content (AvgIpc) is 2.31. The van der Waals surface area contributed by atoms with Crippen LogP contribution in [0.5, 0.6) is 0 Å². The van der Waals surface area contributed by atoms with E-state index in [1.54, 1.807) is 0 Å². The maximum absolute atomic E-state index is 5.78. The van der Waals surface area contributed by atoms with Crippen molar-refractivity contribution in [2.45, 2.75) is 90.1 Å². The van der Waals surface area contributed by atoms with Gasteiger partial charge in [-0.1, -0.05) is 31.8 Å². The van der Waals surface area contributed by atoms with Crippen LogP contribution in [0.1, 0.15) is 71.6 Å². The van der Waals surface area contributed by atoms with E-state index in [9.17, 15) is 0 Å². The van der Waals surface area contributed by atoms with Crippen molar-refractivity contribution in [3.63, 3.8) is 0 Å². The zero-order valence-corrected chi connectivity index (χ0v) is 12.2. The normalized spacial score (nSPS) is 28.2. The second-order valence-corrected chi connectivity index (χ2v) is 5.55. The topological polar surface area (TPSA) is 18.5 Å². The first-order valence-corrected chi connectivity index (χ1v) is 7.64. The molecule has 1 aliphatic heterocycles. The number of unbranched alkanes of at least 4 members (excludes halogenated alkanes) is 6. The van der Waals surface area contributed by atoms with E-state index in [-0.39, 0.29) is 6.29 Å². The summed E-state index contributed by atoms with van der Waals surface area (Å²) in [4.78, 5) is 0. The minimum atomic E-state index is 0.0458. The zero-order valence-electron chi connectivity index (χ0n) is 12.2. The van der Waals surface area contributed by atoms with Crippen molar-refractivity contribution in [2.24, 2.45) is 0 Å². The Morgan fingerprint density at radius 1 is 0.944 bits per heavy atom. The smallest absolute Gasteiger partial charge is 0.158 e. The molecule has 2 nitrogen and oxygen atoms in total. The fourth-order valence-corrected chi connectivity index (χ4v) is 2.57. The molecule has 2 atom stereocenters. The number of hydrogen-bond acceptors (Lipinski definition) is 2. The molecular weight excluding hydrogens is 224 g/mol. The van der Waals surface area contributed by atoms with Gasteiger partial charge in [0, 0.05) is 0 Å². The van der Waals surface area contributed by atoms with Gasteiger partial charge >= 0.3 is 0 Å². The standard InChI is InChI=1S/C16H30O2/c1-4-5-6-7-8-9-10-11-12-16-17-14(2)13-15(3)18-16/h4,14-16H,1,5-13H2,2-3H3/t14-,15-/m0/s1. The third kappa shape index (κ3) is 7.17. The molecule has 2 heteroatoms. The van der Waals surface area contributed by atoms with Gasteiger partial charge < -0.3 is 9.47 Å². The summed E-state index contributed by atoms with van der Waals surface area (Å²) in [5.74, 6) is 0. The lowest BCUT2D eigenvalue weighted by molar-refractivity contribution is -0.236. The van der Waals surface area contributed by atoms with Gasteiger partial charge in [0.05, 0.1) is 12.2 Å². The largest absolute Gasteiger partial charge is 0.350 e. The molecule has 0 bridgehead atoms. The van der Waals surface area contributed by atoms with Gasteiger partial charge in [0.1, 0.15) is 0 Å². The summed E-state index contributed by atoms with van der Waals surface area (Å²) >= 11 is 0. The van der Waals surface area contributed by atoms with Crippen LogP contribution in [0.3, 0.4) is 0 Å². The zero-order chi connectivity index (χ0) is 13.2. The molecule has 0 spiro atoms. The van der Waals surface area contributed by atoms with E-state index in [1.807, 2.05) is 6.08 Å². The molecule has 1 saturated heterocycles. The molecule has 0 unspecified atom stereocenters. The van der Waals surface area contributed by atoms with Crippen molar-refractivity contribution >= 4 is 0 Å². The molecule has 106 valence electrons. The Labute approximate surface area is 113 Å². The average molecular weight is 254 g/mol. The van der Waals surface area contributed by atoms with Crippen LogP contribution in [0.25, 0.3) is 0 Å². The lowest BCUT2D eigenvalue weighted by atomic mass is 10.1. The Hall–Kier alpha value is -0.340. The highest BCUT2D eigenvalue weighted by molar-refractivity contribution is 4.66. The Balaban J connectivity index is 1.92. The highest BCUT2D eigenvalue weighted by atomic mass is 16.7. The van der Waals surface area contributed by atoms with Crippen LogP contribution in [0, 0.1) is 0 Å². The SMILES string of the molecule is C=CCCCCCCCCC1O[C@@H](C)C[C@H](C)O1. The third-order valence-corrected chi connectivity index (χ3v) is 3.53. The number of ether oxygens (including phenoxy) is 2. The molecule has 1 rings (SSSR count). The molecule has 1 heterocycles. The predicted octanol–water partition coefficient (Wildman–Crippen LogP) is 4.83. The Morgan fingerprint density at radius 3 is 2.11 bits per heavy atom. The van der Waals surface area contributed by atoms with Crippen LogP contribution in [0.15, 0.2) is 12.7 Å².